The van der Waals surface area contributed by atoms with Crippen LogP contribution in [0, 0.1) is 0 Å². The van der Waals surface area contributed by atoms with Gasteiger partial charge < -0.3 is 10.2 Å². The fourth-order valence-electron chi connectivity index (χ4n) is 3.09. The van der Waals surface area contributed by atoms with E-state index < -0.39 is 0 Å². The first-order valence-corrected chi connectivity index (χ1v) is 8.86. The maximum atomic E-state index is 12.6. The first kappa shape index (κ1) is 17.9. The highest BCUT2D eigenvalue weighted by Crippen LogP contribution is 2.16. The number of hydrogen-bond donors (Lipinski definition) is 1. The monoisotopic (exact) mass is 350 g/mol. The average Bonchev–Trinajstić information content (AvgIpc) is 2.68. The molecule has 1 fully saturated rings. The quantitative estimate of drug-likeness (QED) is 0.854. The van der Waals surface area contributed by atoms with Gasteiger partial charge in [-0.3, -0.25) is 14.4 Å². The van der Waals surface area contributed by atoms with Crippen LogP contribution < -0.4 is 5.32 Å². The Bertz CT molecular complexity index is 839. The van der Waals surface area contributed by atoms with E-state index in [2.05, 4.69) is 5.32 Å². The van der Waals surface area contributed by atoms with Gasteiger partial charge in [0.1, 0.15) is 0 Å². The molecule has 1 heterocycles. The highest BCUT2D eigenvalue weighted by atomic mass is 16.2. The number of amides is 2. The molecule has 1 aliphatic rings. The molecule has 134 valence electrons. The molecule has 1 aliphatic heterocycles. The Balaban J connectivity index is 1.75. The molecular weight excluding hydrogens is 328 g/mol. The van der Waals surface area contributed by atoms with Crippen molar-refractivity contribution >= 4 is 23.3 Å². The molecule has 0 saturated carbocycles. The molecule has 5 nitrogen and oxygen atoms in total. The minimum Gasteiger partial charge on any atom is -0.339 e. The lowest BCUT2D eigenvalue weighted by molar-refractivity contribution is 0.0724. The second kappa shape index (κ2) is 7.95. The van der Waals surface area contributed by atoms with Gasteiger partial charge in [-0.2, -0.15) is 0 Å². The van der Waals surface area contributed by atoms with Crippen LogP contribution in [-0.4, -0.2) is 35.6 Å². The van der Waals surface area contributed by atoms with Crippen molar-refractivity contribution in [2.45, 2.75) is 26.2 Å². The SMILES string of the molecule is CC(=O)c1cccc(NC(=O)c2cccc(C(=O)N3CCCCC3)c2)c1. The van der Waals surface area contributed by atoms with Gasteiger partial charge in [0.25, 0.3) is 11.8 Å². The second-order valence-corrected chi connectivity index (χ2v) is 6.52. The van der Waals surface area contributed by atoms with E-state index >= 15 is 0 Å². The van der Waals surface area contributed by atoms with Crippen LogP contribution in [0.25, 0.3) is 0 Å². The molecule has 0 atom stereocenters. The van der Waals surface area contributed by atoms with Crippen LogP contribution in [0.3, 0.4) is 0 Å². The topological polar surface area (TPSA) is 66.5 Å². The zero-order chi connectivity index (χ0) is 18.5. The van der Waals surface area contributed by atoms with Gasteiger partial charge in [0, 0.05) is 35.5 Å². The van der Waals surface area contributed by atoms with Crippen molar-refractivity contribution in [2.75, 3.05) is 18.4 Å². The van der Waals surface area contributed by atoms with Crippen molar-refractivity contribution in [3.05, 3.63) is 65.2 Å². The Morgan fingerprint density at radius 2 is 1.50 bits per heavy atom. The minimum atomic E-state index is -0.306. The zero-order valence-electron chi connectivity index (χ0n) is 14.8. The van der Waals surface area contributed by atoms with Gasteiger partial charge in [-0.15, -0.1) is 0 Å². The lowest BCUT2D eigenvalue weighted by Gasteiger charge is -2.26. The molecule has 0 unspecified atom stereocenters. The standard InChI is InChI=1S/C21H22N2O3/c1-15(24)16-7-6-10-19(14-16)22-20(25)17-8-5-9-18(13-17)21(26)23-11-3-2-4-12-23/h5-10,13-14H,2-4,11-12H2,1H3,(H,22,25). The summed E-state index contributed by atoms with van der Waals surface area (Å²) in [6.07, 6.45) is 3.21. The van der Waals surface area contributed by atoms with Crippen LogP contribution in [-0.2, 0) is 0 Å². The smallest absolute Gasteiger partial charge is 0.255 e. The molecule has 2 amide bonds. The first-order valence-electron chi connectivity index (χ1n) is 8.86. The minimum absolute atomic E-state index is 0.0297. The average molecular weight is 350 g/mol. The van der Waals surface area contributed by atoms with Gasteiger partial charge in [0.05, 0.1) is 0 Å². The van der Waals surface area contributed by atoms with Crippen LogP contribution in [0.5, 0.6) is 0 Å². The number of nitrogens with zero attached hydrogens (tertiary/aromatic N) is 1. The summed E-state index contributed by atoms with van der Waals surface area (Å²) >= 11 is 0. The van der Waals surface area contributed by atoms with E-state index in [9.17, 15) is 14.4 Å². The highest BCUT2D eigenvalue weighted by Gasteiger charge is 2.19. The molecular formula is C21H22N2O3. The summed E-state index contributed by atoms with van der Waals surface area (Å²) in [6, 6.07) is 13.6. The summed E-state index contributed by atoms with van der Waals surface area (Å²) in [4.78, 5) is 38.4. The van der Waals surface area contributed by atoms with Gasteiger partial charge in [0.2, 0.25) is 0 Å². The molecule has 0 aromatic heterocycles. The number of piperidine rings is 1. The maximum absolute atomic E-state index is 12.6. The van der Waals surface area contributed by atoms with Crippen molar-refractivity contribution in [1.29, 1.82) is 0 Å². The Hall–Kier alpha value is -2.95. The number of carbonyl (C=O) groups excluding carboxylic acids is 3. The largest absolute Gasteiger partial charge is 0.339 e. The van der Waals surface area contributed by atoms with E-state index in [0.717, 1.165) is 32.4 Å². The number of anilines is 1. The fourth-order valence-corrected chi connectivity index (χ4v) is 3.09. The molecule has 1 N–H and O–H groups in total. The molecule has 3 rings (SSSR count). The fraction of sp³-hybridized carbons (Fsp3) is 0.286. The Morgan fingerprint density at radius 3 is 2.23 bits per heavy atom. The number of likely N-dealkylation sites (tertiary alicyclic amines) is 1. The number of Topliss-reactive ketones (excluding diaryl/α,β-unsaturated/α-hetero) is 1. The number of nitrogens with one attached hydrogen (secondary N) is 1. The van der Waals surface area contributed by atoms with Gasteiger partial charge >= 0.3 is 0 Å². The van der Waals surface area contributed by atoms with Crippen LogP contribution >= 0.6 is 0 Å². The van der Waals surface area contributed by atoms with Crippen molar-refractivity contribution in [3.63, 3.8) is 0 Å². The van der Waals surface area contributed by atoms with Gasteiger partial charge in [-0.1, -0.05) is 18.2 Å². The third kappa shape index (κ3) is 4.17. The van der Waals surface area contributed by atoms with E-state index in [1.165, 1.54) is 6.92 Å². The predicted octanol–water partition coefficient (Wildman–Crippen LogP) is 3.77. The third-order valence-electron chi connectivity index (χ3n) is 4.54. The predicted molar refractivity (Wildman–Crippen MR) is 101 cm³/mol. The highest BCUT2D eigenvalue weighted by molar-refractivity contribution is 6.06. The Kier molecular flexibility index (Phi) is 5.46. The van der Waals surface area contributed by atoms with Crippen LogP contribution in [0.15, 0.2) is 48.5 Å². The third-order valence-corrected chi connectivity index (χ3v) is 4.54. The molecule has 2 aromatic carbocycles. The zero-order valence-corrected chi connectivity index (χ0v) is 14.8. The van der Waals surface area contributed by atoms with Crippen molar-refractivity contribution in [2.24, 2.45) is 0 Å². The summed E-state index contributed by atoms with van der Waals surface area (Å²) in [6.45, 7) is 3.02. The molecule has 26 heavy (non-hydrogen) atoms. The maximum Gasteiger partial charge on any atom is 0.255 e. The molecule has 0 radical (unpaired) electrons. The summed E-state index contributed by atoms with van der Waals surface area (Å²) in [5.41, 5.74) is 2.03. The summed E-state index contributed by atoms with van der Waals surface area (Å²) in [5, 5.41) is 2.78. The van der Waals surface area contributed by atoms with Crippen molar-refractivity contribution in [3.8, 4) is 0 Å². The van der Waals surface area contributed by atoms with E-state index in [-0.39, 0.29) is 17.6 Å². The molecule has 5 heteroatoms. The number of benzene rings is 2. The number of carbonyl (C=O) groups is 3. The number of rotatable bonds is 4. The van der Waals surface area contributed by atoms with Crippen LogP contribution in [0.2, 0.25) is 0 Å². The molecule has 2 aromatic rings. The number of ketones is 1. The lowest BCUT2D eigenvalue weighted by atomic mass is 10.1. The van der Waals surface area contributed by atoms with Gasteiger partial charge in [0.15, 0.2) is 5.78 Å². The molecule has 0 bridgehead atoms. The first-order chi connectivity index (χ1) is 12.5. The Morgan fingerprint density at radius 1 is 0.846 bits per heavy atom. The van der Waals surface area contributed by atoms with E-state index in [1.807, 2.05) is 4.90 Å². The van der Waals surface area contributed by atoms with Crippen molar-refractivity contribution < 1.29 is 14.4 Å². The summed E-state index contributed by atoms with van der Waals surface area (Å²) in [5.74, 6) is -0.396. The lowest BCUT2D eigenvalue weighted by Crippen LogP contribution is -2.35. The van der Waals surface area contributed by atoms with E-state index in [0.29, 0.717) is 22.4 Å². The number of hydrogen-bond acceptors (Lipinski definition) is 3. The van der Waals surface area contributed by atoms with Gasteiger partial charge in [-0.25, -0.2) is 0 Å². The van der Waals surface area contributed by atoms with Crippen molar-refractivity contribution in [1.82, 2.24) is 4.90 Å². The summed E-state index contributed by atoms with van der Waals surface area (Å²) in [7, 11) is 0. The summed E-state index contributed by atoms with van der Waals surface area (Å²) < 4.78 is 0. The van der Waals surface area contributed by atoms with E-state index in [4.69, 9.17) is 0 Å². The van der Waals surface area contributed by atoms with Gasteiger partial charge in [-0.05, 0) is 56.5 Å². The van der Waals surface area contributed by atoms with Crippen LogP contribution in [0.4, 0.5) is 5.69 Å². The molecule has 1 saturated heterocycles. The van der Waals surface area contributed by atoms with E-state index in [1.54, 1.807) is 48.5 Å². The molecule has 0 aliphatic carbocycles. The molecule has 0 spiro atoms. The Labute approximate surface area is 153 Å². The normalized spacial score (nSPS) is 14.0. The van der Waals surface area contributed by atoms with Crippen LogP contribution in [0.1, 0.15) is 57.3 Å². The second-order valence-electron chi connectivity index (χ2n) is 6.52.